The fraction of sp³-hybridized carbons (Fsp3) is 0.273. The van der Waals surface area contributed by atoms with Gasteiger partial charge in [0.2, 0.25) is 0 Å². The normalized spacial score (nSPS) is 22.3. The summed E-state index contributed by atoms with van der Waals surface area (Å²) >= 11 is 0. The van der Waals surface area contributed by atoms with E-state index in [0.717, 1.165) is 12.1 Å². The van der Waals surface area contributed by atoms with Crippen molar-refractivity contribution in [3.05, 3.63) is 53.2 Å². The summed E-state index contributed by atoms with van der Waals surface area (Å²) in [5.74, 6) is 5.82. The Hall–Kier alpha value is -3.67. The lowest BCUT2D eigenvalue weighted by molar-refractivity contribution is -0.137. The summed E-state index contributed by atoms with van der Waals surface area (Å²) in [5.41, 5.74) is 6.26. The van der Waals surface area contributed by atoms with Crippen molar-refractivity contribution in [2.45, 2.75) is 30.9 Å². The lowest BCUT2D eigenvalue weighted by Gasteiger charge is -2.33. The number of halogens is 3. The zero-order valence-electron chi connectivity index (χ0n) is 16.6. The minimum Gasteiger partial charge on any atom is -0.493 e. The van der Waals surface area contributed by atoms with Crippen LogP contribution < -0.4 is 16.3 Å². The van der Waals surface area contributed by atoms with Crippen molar-refractivity contribution in [1.29, 1.82) is 5.26 Å². The van der Waals surface area contributed by atoms with E-state index in [-0.39, 0.29) is 17.4 Å². The lowest BCUT2D eigenvalue weighted by Crippen LogP contribution is -2.33. The molecule has 160 valence electrons. The molecule has 0 bridgehead atoms. The topological polar surface area (TPSA) is 111 Å². The first-order chi connectivity index (χ1) is 14.8. The van der Waals surface area contributed by atoms with Gasteiger partial charge in [-0.3, -0.25) is 0 Å². The van der Waals surface area contributed by atoms with Gasteiger partial charge in [0.05, 0.1) is 29.9 Å². The van der Waals surface area contributed by atoms with E-state index in [0.29, 0.717) is 46.4 Å². The molecule has 1 aliphatic carbocycles. The van der Waals surface area contributed by atoms with Gasteiger partial charge >= 0.3 is 6.18 Å². The van der Waals surface area contributed by atoms with Crippen LogP contribution >= 0.6 is 0 Å². The van der Waals surface area contributed by atoms with Crippen molar-refractivity contribution in [3.8, 4) is 11.8 Å². The highest BCUT2D eigenvalue weighted by molar-refractivity contribution is 6.10. The lowest BCUT2D eigenvalue weighted by atomic mass is 9.67. The fourth-order valence-electron chi connectivity index (χ4n) is 4.29. The Balaban J connectivity index is 2.05. The van der Waals surface area contributed by atoms with Gasteiger partial charge in [-0.25, -0.2) is 0 Å². The van der Waals surface area contributed by atoms with Gasteiger partial charge < -0.3 is 20.7 Å². The number of benzene rings is 2. The van der Waals surface area contributed by atoms with Crippen molar-refractivity contribution in [2.24, 2.45) is 16.7 Å². The van der Waals surface area contributed by atoms with Gasteiger partial charge in [0, 0.05) is 10.8 Å². The van der Waals surface area contributed by atoms with Crippen LogP contribution in [0.3, 0.4) is 0 Å². The van der Waals surface area contributed by atoms with Crippen LogP contribution in [0.2, 0.25) is 0 Å². The first-order valence-electron chi connectivity index (χ1n) is 9.48. The molecule has 31 heavy (non-hydrogen) atoms. The Morgan fingerprint density at radius 2 is 2.06 bits per heavy atom. The van der Waals surface area contributed by atoms with Gasteiger partial charge in [0.1, 0.15) is 5.58 Å². The van der Waals surface area contributed by atoms with Crippen LogP contribution in [0.25, 0.3) is 21.9 Å². The molecule has 0 saturated heterocycles. The molecule has 9 heteroatoms. The average molecular weight is 428 g/mol. The third-order valence-corrected chi connectivity index (χ3v) is 5.87. The molecule has 4 rings (SSSR count). The zero-order chi connectivity index (χ0) is 22.4. The van der Waals surface area contributed by atoms with Gasteiger partial charge in [-0.05, 0) is 60.9 Å². The second-order valence-corrected chi connectivity index (χ2v) is 7.47. The number of nitrogens with two attached hydrogens (primary N) is 2. The van der Waals surface area contributed by atoms with E-state index < -0.39 is 17.2 Å². The summed E-state index contributed by atoms with van der Waals surface area (Å²) < 4.78 is 51.4. The van der Waals surface area contributed by atoms with Crippen LogP contribution in [0, 0.1) is 11.3 Å². The molecule has 3 aromatic rings. The Bertz CT molecular complexity index is 1280. The van der Waals surface area contributed by atoms with E-state index in [2.05, 4.69) is 11.2 Å². The number of ether oxygens (including phenoxy) is 1. The predicted octanol–water partition coefficient (Wildman–Crippen LogP) is 4.72. The number of hydrazone groups is 1. The molecule has 2 aromatic carbocycles. The maximum absolute atomic E-state index is 13.4. The first-order valence-corrected chi connectivity index (χ1v) is 9.48. The van der Waals surface area contributed by atoms with Crippen molar-refractivity contribution in [1.82, 2.24) is 0 Å². The molecule has 1 saturated carbocycles. The standard InChI is InChI=1S/C22H19F3N4O2/c1-30-18-5-3-15(21(11-27)7-6-16(29-28)12(9-21)10-26)19-14-8-13(22(23,24)25)2-4-17(14)31-20(18)19/h2-5,8,10H,6-7,9,26,28H2,1H3. The van der Waals surface area contributed by atoms with E-state index in [1.807, 2.05) is 0 Å². The van der Waals surface area contributed by atoms with Crippen LogP contribution in [0.4, 0.5) is 13.2 Å². The molecular weight excluding hydrogens is 409 g/mol. The molecule has 1 aliphatic rings. The maximum Gasteiger partial charge on any atom is 0.416 e. The summed E-state index contributed by atoms with van der Waals surface area (Å²) in [6.45, 7) is 0. The van der Waals surface area contributed by atoms with Gasteiger partial charge in [-0.1, -0.05) is 6.07 Å². The van der Waals surface area contributed by atoms with Crippen molar-refractivity contribution in [3.63, 3.8) is 0 Å². The molecular formula is C22H19F3N4O2. The quantitative estimate of drug-likeness (QED) is 0.453. The van der Waals surface area contributed by atoms with Crippen molar-refractivity contribution in [2.75, 3.05) is 7.11 Å². The van der Waals surface area contributed by atoms with Crippen LogP contribution in [-0.4, -0.2) is 12.8 Å². The molecule has 1 aromatic heterocycles. The summed E-state index contributed by atoms with van der Waals surface area (Å²) in [7, 11) is 1.45. The average Bonchev–Trinajstić information content (AvgIpc) is 3.16. The number of nitriles is 1. The minimum absolute atomic E-state index is 0.225. The molecule has 6 nitrogen and oxygen atoms in total. The van der Waals surface area contributed by atoms with Crippen LogP contribution in [0.1, 0.15) is 30.4 Å². The number of methoxy groups -OCH3 is 1. The number of fused-ring (bicyclic) bond motifs is 3. The Kier molecular flexibility index (Phi) is 4.81. The van der Waals surface area contributed by atoms with Gasteiger partial charge in [0.25, 0.3) is 0 Å². The van der Waals surface area contributed by atoms with Crippen molar-refractivity contribution >= 4 is 27.7 Å². The van der Waals surface area contributed by atoms with Crippen molar-refractivity contribution < 1.29 is 22.3 Å². The van der Waals surface area contributed by atoms with Gasteiger partial charge in [0.15, 0.2) is 11.3 Å². The van der Waals surface area contributed by atoms with Gasteiger partial charge in [-0.15, -0.1) is 0 Å². The monoisotopic (exact) mass is 428 g/mol. The number of furan rings is 1. The largest absolute Gasteiger partial charge is 0.493 e. The number of alkyl halides is 3. The molecule has 0 aliphatic heterocycles. The zero-order valence-corrected chi connectivity index (χ0v) is 16.6. The summed E-state index contributed by atoms with van der Waals surface area (Å²) in [6.07, 6.45) is -2.14. The van der Waals surface area contributed by atoms with E-state index in [4.69, 9.17) is 20.7 Å². The molecule has 0 radical (unpaired) electrons. The molecule has 1 atom stereocenters. The Morgan fingerprint density at radius 3 is 2.68 bits per heavy atom. The van der Waals surface area contributed by atoms with Crippen LogP contribution in [0.5, 0.6) is 5.75 Å². The fourth-order valence-corrected chi connectivity index (χ4v) is 4.29. The number of hydrogen-bond donors (Lipinski definition) is 2. The summed E-state index contributed by atoms with van der Waals surface area (Å²) in [5, 5.41) is 14.7. The van der Waals surface area contributed by atoms with Crippen LogP contribution in [-0.2, 0) is 11.6 Å². The number of rotatable bonds is 2. The SMILES string of the molecule is COc1ccc(C2(C#N)CCC(=NN)C(=CN)C2)c2c1oc1ccc(C(F)(F)F)cc12. The number of allylic oxidation sites excluding steroid dienone is 1. The molecule has 1 fully saturated rings. The molecule has 4 N–H and O–H groups in total. The van der Waals surface area contributed by atoms with Gasteiger partial charge in [-0.2, -0.15) is 23.5 Å². The highest BCUT2D eigenvalue weighted by Crippen LogP contribution is 2.48. The van der Waals surface area contributed by atoms with E-state index >= 15 is 0 Å². The highest BCUT2D eigenvalue weighted by atomic mass is 19.4. The molecule has 0 spiro atoms. The van der Waals surface area contributed by atoms with Crippen LogP contribution in [0.15, 0.2) is 51.6 Å². The molecule has 0 amide bonds. The Labute approximate surface area is 175 Å². The second kappa shape index (κ2) is 7.23. The van der Waals surface area contributed by atoms with E-state index in [1.165, 1.54) is 19.4 Å². The molecule has 1 heterocycles. The number of hydrogen-bond acceptors (Lipinski definition) is 6. The van der Waals surface area contributed by atoms with E-state index in [9.17, 15) is 18.4 Å². The third kappa shape index (κ3) is 3.15. The highest BCUT2D eigenvalue weighted by Gasteiger charge is 2.41. The number of nitrogens with zero attached hydrogens (tertiary/aromatic N) is 2. The maximum atomic E-state index is 13.4. The minimum atomic E-state index is -4.52. The predicted molar refractivity (Wildman–Crippen MR) is 110 cm³/mol. The van der Waals surface area contributed by atoms with E-state index in [1.54, 1.807) is 12.1 Å². The smallest absolute Gasteiger partial charge is 0.416 e. The second-order valence-electron chi connectivity index (χ2n) is 7.47. The summed E-state index contributed by atoms with van der Waals surface area (Å²) in [6, 6.07) is 9.03. The first kappa shape index (κ1) is 20.6. The third-order valence-electron chi connectivity index (χ3n) is 5.87. The molecule has 1 unspecified atom stereocenters. The summed E-state index contributed by atoms with van der Waals surface area (Å²) in [4.78, 5) is 0. The Morgan fingerprint density at radius 1 is 1.29 bits per heavy atom.